The second kappa shape index (κ2) is 5.92. The first kappa shape index (κ1) is 14.2. The molecule has 0 saturated heterocycles. The quantitative estimate of drug-likeness (QED) is 0.443. The lowest BCUT2D eigenvalue weighted by atomic mass is 9.63. The Morgan fingerprint density at radius 3 is 2.58 bits per heavy atom. The second-order valence-electron chi connectivity index (χ2n) is 7.47. The van der Waals surface area contributed by atoms with Gasteiger partial charge in [0.2, 0.25) is 0 Å². The van der Waals surface area contributed by atoms with Gasteiger partial charge in [0.05, 0.1) is 0 Å². The molecular weight excluding hydrogens is 296 g/mol. The van der Waals surface area contributed by atoms with Crippen molar-refractivity contribution in [3.05, 3.63) is 11.6 Å². The van der Waals surface area contributed by atoms with Crippen LogP contribution in [0, 0.1) is 35.5 Å². The highest BCUT2D eigenvalue weighted by molar-refractivity contribution is 9.09. The molecule has 0 radical (unpaired) electrons. The zero-order valence-electron chi connectivity index (χ0n) is 12.6. The number of alkyl halides is 1. The molecule has 0 amide bonds. The average Bonchev–Trinajstić information content (AvgIpc) is 2.89. The predicted octanol–water partition coefficient (Wildman–Crippen LogP) is 5.82. The van der Waals surface area contributed by atoms with E-state index in [2.05, 4.69) is 35.9 Å². The molecule has 0 aromatic heterocycles. The molecule has 0 heterocycles. The van der Waals surface area contributed by atoms with Gasteiger partial charge in [-0.1, -0.05) is 60.7 Å². The minimum absolute atomic E-state index is 0.913. The summed E-state index contributed by atoms with van der Waals surface area (Å²) >= 11 is 3.79. The minimum atomic E-state index is 0.913. The summed E-state index contributed by atoms with van der Waals surface area (Å²) in [5, 5.41) is 1.22. The fourth-order valence-electron chi connectivity index (χ4n) is 5.29. The van der Waals surface area contributed by atoms with Crippen LogP contribution in [0.2, 0.25) is 0 Å². The summed E-state index contributed by atoms with van der Waals surface area (Å²) in [4.78, 5) is 0. The van der Waals surface area contributed by atoms with Crippen molar-refractivity contribution < 1.29 is 0 Å². The van der Waals surface area contributed by atoms with Crippen molar-refractivity contribution in [2.45, 2.75) is 58.8 Å². The minimum Gasteiger partial charge on any atom is -0.0925 e. The van der Waals surface area contributed by atoms with Crippen molar-refractivity contribution in [3.63, 3.8) is 0 Å². The lowest BCUT2D eigenvalue weighted by molar-refractivity contribution is 0.133. The van der Waals surface area contributed by atoms with Crippen LogP contribution in [-0.4, -0.2) is 5.33 Å². The van der Waals surface area contributed by atoms with Crippen molar-refractivity contribution in [1.82, 2.24) is 0 Å². The molecule has 1 heteroatoms. The number of hydrogen-bond donors (Lipinski definition) is 0. The maximum Gasteiger partial charge on any atom is 0.00653 e. The molecule has 0 N–H and O–H groups in total. The second-order valence-corrected chi connectivity index (χ2v) is 8.11. The summed E-state index contributed by atoms with van der Waals surface area (Å²) in [6.07, 6.45) is 12.8. The fraction of sp³-hybridized carbons (Fsp3) is 0.889. The van der Waals surface area contributed by atoms with Crippen molar-refractivity contribution in [1.29, 1.82) is 0 Å². The predicted molar refractivity (Wildman–Crippen MR) is 86.5 cm³/mol. The van der Waals surface area contributed by atoms with Gasteiger partial charge in [-0.15, -0.1) is 0 Å². The molecule has 2 fully saturated rings. The molecule has 0 nitrogen and oxygen atoms in total. The molecule has 0 spiro atoms. The Kier molecular flexibility index (Phi) is 4.41. The molecule has 3 rings (SSSR count). The van der Waals surface area contributed by atoms with E-state index >= 15 is 0 Å². The van der Waals surface area contributed by atoms with Gasteiger partial charge in [-0.3, -0.25) is 0 Å². The Labute approximate surface area is 127 Å². The highest BCUT2D eigenvalue weighted by atomic mass is 79.9. The number of fused-ring (bicyclic) bond motifs is 1. The van der Waals surface area contributed by atoms with E-state index in [0.717, 1.165) is 35.5 Å². The van der Waals surface area contributed by atoms with E-state index in [1.54, 1.807) is 0 Å². The van der Waals surface area contributed by atoms with Crippen molar-refractivity contribution in [2.24, 2.45) is 35.5 Å². The number of hydrogen-bond acceptors (Lipinski definition) is 0. The van der Waals surface area contributed by atoms with Gasteiger partial charge >= 0.3 is 0 Å². The Hall–Kier alpha value is 0.220. The van der Waals surface area contributed by atoms with E-state index in [1.807, 2.05) is 5.57 Å². The van der Waals surface area contributed by atoms with Crippen LogP contribution < -0.4 is 0 Å². The van der Waals surface area contributed by atoms with E-state index in [1.165, 1.54) is 50.3 Å². The van der Waals surface area contributed by atoms with Gasteiger partial charge < -0.3 is 0 Å². The van der Waals surface area contributed by atoms with Crippen LogP contribution in [0.15, 0.2) is 11.6 Å². The maximum atomic E-state index is 3.79. The van der Waals surface area contributed by atoms with Gasteiger partial charge in [0, 0.05) is 5.33 Å². The molecule has 2 saturated carbocycles. The molecule has 6 unspecified atom stereocenters. The first-order valence-electron chi connectivity index (χ1n) is 8.48. The molecule has 6 atom stereocenters. The molecule has 0 aromatic rings. The average molecular weight is 325 g/mol. The molecule has 19 heavy (non-hydrogen) atoms. The Morgan fingerprint density at radius 1 is 1.05 bits per heavy atom. The Morgan fingerprint density at radius 2 is 1.79 bits per heavy atom. The molecule has 3 aliphatic carbocycles. The van der Waals surface area contributed by atoms with Gasteiger partial charge in [0.15, 0.2) is 0 Å². The third-order valence-corrected chi connectivity index (χ3v) is 7.26. The zero-order chi connectivity index (χ0) is 13.4. The standard InChI is InChI=1S/C18H29Br/c1-12-7-8-13(2)18-15(12)9-10-17(18)16-6-4-3-5-14(16)11-19/h10,12-16,18H,3-9,11H2,1-2H3. The van der Waals surface area contributed by atoms with Crippen molar-refractivity contribution in [3.8, 4) is 0 Å². The van der Waals surface area contributed by atoms with E-state index < -0.39 is 0 Å². The summed E-state index contributed by atoms with van der Waals surface area (Å²) in [5.74, 6) is 5.65. The summed E-state index contributed by atoms with van der Waals surface area (Å²) in [6, 6.07) is 0. The number of allylic oxidation sites excluding steroid dienone is 2. The Bertz CT molecular complexity index is 346. The van der Waals surface area contributed by atoms with Crippen molar-refractivity contribution >= 4 is 15.9 Å². The van der Waals surface area contributed by atoms with E-state index in [0.29, 0.717) is 0 Å². The highest BCUT2D eigenvalue weighted by Gasteiger charge is 2.43. The smallest absolute Gasteiger partial charge is 0.00653 e. The summed E-state index contributed by atoms with van der Waals surface area (Å²) < 4.78 is 0. The topological polar surface area (TPSA) is 0 Å². The number of halogens is 1. The van der Waals surface area contributed by atoms with Gasteiger partial charge in [0.1, 0.15) is 0 Å². The molecule has 0 aromatic carbocycles. The third kappa shape index (κ3) is 2.57. The van der Waals surface area contributed by atoms with Crippen LogP contribution in [-0.2, 0) is 0 Å². The van der Waals surface area contributed by atoms with Gasteiger partial charge in [-0.25, -0.2) is 0 Å². The third-order valence-electron chi connectivity index (χ3n) is 6.43. The van der Waals surface area contributed by atoms with Crippen molar-refractivity contribution in [2.75, 3.05) is 5.33 Å². The summed E-state index contributed by atoms with van der Waals surface area (Å²) in [6.45, 7) is 5.03. The molecule has 0 aliphatic heterocycles. The largest absolute Gasteiger partial charge is 0.0925 e. The van der Waals surface area contributed by atoms with E-state index in [4.69, 9.17) is 0 Å². The lowest BCUT2D eigenvalue weighted by Gasteiger charge is -2.42. The summed E-state index contributed by atoms with van der Waals surface area (Å²) in [5.41, 5.74) is 1.90. The van der Waals surface area contributed by atoms with Crippen LogP contribution in [0.3, 0.4) is 0 Å². The lowest BCUT2D eigenvalue weighted by Crippen LogP contribution is -2.34. The number of rotatable bonds is 2. The molecular formula is C18H29Br. The SMILES string of the molecule is CC1CCC(C)C2C(C3CCCCC3CBr)=CCC12. The fourth-order valence-corrected chi connectivity index (χ4v) is 6.06. The van der Waals surface area contributed by atoms with Gasteiger partial charge in [-0.2, -0.15) is 0 Å². The highest BCUT2D eigenvalue weighted by Crippen LogP contribution is 2.53. The summed E-state index contributed by atoms with van der Waals surface area (Å²) in [7, 11) is 0. The maximum absolute atomic E-state index is 3.79. The first-order valence-corrected chi connectivity index (χ1v) is 9.60. The molecule has 108 valence electrons. The monoisotopic (exact) mass is 324 g/mol. The molecule has 0 bridgehead atoms. The van der Waals surface area contributed by atoms with Gasteiger partial charge in [0.25, 0.3) is 0 Å². The van der Waals surface area contributed by atoms with Crippen LogP contribution in [0.25, 0.3) is 0 Å². The van der Waals surface area contributed by atoms with E-state index in [-0.39, 0.29) is 0 Å². The van der Waals surface area contributed by atoms with Crippen LogP contribution in [0.4, 0.5) is 0 Å². The normalized spacial score (nSPS) is 46.8. The van der Waals surface area contributed by atoms with Gasteiger partial charge in [-0.05, 0) is 61.2 Å². The zero-order valence-corrected chi connectivity index (χ0v) is 14.2. The van der Waals surface area contributed by atoms with Crippen LogP contribution >= 0.6 is 15.9 Å². The van der Waals surface area contributed by atoms with E-state index in [9.17, 15) is 0 Å². The Balaban J connectivity index is 1.80. The van der Waals surface area contributed by atoms with Crippen LogP contribution in [0.1, 0.15) is 58.8 Å². The molecule has 3 aliphatic rings. The first-order chi connectivity index (χ1) is 9.22. The van der Waals surface area contributed by atoms with Crippen LogP contribution in [0.5, 0.6) is 0 Å².